The van der Waals surface area contributed by atoms with Gasteiger partial charge in [0.15, 0.2) is 0 Å². The van der Waals surface area contributed by atoms with Crippen LogP contribution < -0.4 is 0 Å². The van der Waals surface area contributed by atoms with Crippen LogP contribution in [0.2, 0.25) is 0 Å². The minimum absolute atomic E-state index is 0.194. The molecule has 0 radical (unpaired) electrons. The third-order valence-corrected chi connectivity index (χ3v) is 3.74. The molecule has 0 amide bonds. The minimum Gasteiger partial charge on any atom is -0.358 e. The van der Waals surface area contributed by atoms with Crippen molar-refractivity contribution >= 4 is 22.6 Å². The van der Waals surface area contributed by atoms with Gasteiger partial charge in [0.2, 0.25) is 5.79 Å². The summed E-state index contributed by atoms with van der Waals surface area (Å²) < 4.78 is 17.4. The summed E-state index contributed by atoms with van der Waals surface area (Å²) in [5.41, 5.74) is -0.273. The van der Waals surface area contributed by atoms with Crippen molar-refractivity contribution in [1.29, 1.82) is 0 Å². The zero-order valence-corrected chi connectivity index (χ0v) is 9.54. The van der Waals surface area contributed by atoms with E-state index in [1.54, 1.807) is 0 Å². The lowest BCUT2D eigenvalue weighted by atomic mass is 10.0. The van der Waals surface area contributed by atoms with E-state index in [0.717, 1.165) is 4.43 Å². The van der Waals surface area contributed by atoms with Gasteiger partial charge in [0.05, 0.1) is 11.0 Å². The number of halogens is 1. The van der Waals surface area contributed by atoms with Crippen molar-refractivity contribution in [3.05, 3.63) is 0 Å². The van der Waals surface area contributed by atoms with E-state index in [0.29, 0.717) is 6.61 Å². The molecule has 0 aliphatic carbocycles. The summed E-state index contributed by atoms with van der Waals surface area (Å²) in [6.07, 6.45) is 5.34. The maximum atomic E-state index is 5.61. The first kappa shape index (κ1) is 9.71. The van der Waals surface area contributed by atoms with Crippen LogP contribution in [0, 0.1) is 12.3 Å². The Hall–Kier alpha value is 0.170. The molecule has 2 aliphatic heterocycles. The monoisotopic (exact) mass is 294 g/mol. The summed E-state index contributed by atoms with van der Waals surface area (Å²) in [6, 6.07) is 0. The standard InChI is InChI=1S/C9H11IO3/c1-3-4-11-9(6-10)8(2)7(13-8)5-12-9/h1,7H,4-6H2,2H3/t7-,8-,9-/m0/s1. The van der Waals surface area contributed by atoms with E-state index in [2.05, 4.69) is 28.5 Å². The number of terminal acetylenes is 1. The van der Waals surface area contributed by atoms with Crippen LogP contribution in [0.25, 0.3) is 0 Å². The second kappa shape index (κ2) is 3.09. The van der Waals surface area contributed by atoms with Crippen LogP contribution in [-0.4, -0.2) is 35.1 Å². The van der Waals surface area contributed by atoms with Crippen molar-refractivity contribution in [2.75, 3.05) is 17.6 Å². The summed E-state index contributed by atoms with van der Waals surface area (Å²) in [7, 11) is 0. The largest absolute Gasteiger partial charge is 0.358 e. The predicted octanol–water partition coefficient (Wildman–Crippen LogP) is 0.955. The van der Waals surface area contributed by atoms with Crippen LogP contribution in [0.15, 0.2) is 0 Å². The van der Waals surface area contributed by atoms with E-state index in [-0.39, 0.29) is 18.3 Å². The van der Waals surface area contributed by atoms with Gasteiger partial charge in [-0.15, -0.1) is 6.42 Å². The Morgan fingerprint density at radius 2 is 2.54 bits per heavy atom. The molecule has 13 heavy (non-hydrogen) atoms. The molecule has 0 N–H and O–H groups in total. The van der Waals surface area contributed by atoms with E-state index >= 15 is 0 Å². The third-order valence-electron chi connectivity index (χ3n) is 2.73. The second-order valence-corrected chi connectivity index (χ2v) is 4.17. The Kier molecular flexibility index (Phi) is 2.31. The number of alkyl halides is 1. The van der Waals surface area contributed by atoms with Gasteiger partial charge < -0.3 is 14.2 Å². The van der Waals surface area contributed by atoms with Crippen LogP contribution in [0.5, 0.6) is 0 Å². The quantitative estimate of drug-likeness (QED) is 0.336. The Morgan fingerprint density at radius 1 is 1.77 bits per heavy atom. The van der Waals surface area contributed by atoms with Crippen molar-refractivity contribution in [3.63, 3.8) is 0 Å². The minimum atomic E-state index is -0.620. The van der Waals surface area contributed by atoms with Crippen LogP contribution >= 0.6 is 22.6 Å². The van der Waals surface area contributed by atoms with Gasteiger partial charge in [0.1, 0.15) is 18.3 Å². The lowest BCUT2D eigenvalue weighted by Crippen LogP contribution is -2.47. The van der Waals surface area contributed by atoms with Gasteiger partial charge in [-0.05, 0) is 6.92 Å². The van der Waals surface area contributed by atoms with Crippen molar-refractivity contribution in [2.45, 2.75) is 24.4 Å². The van der Waals surface area contributed by atoms with Gasteiger partial charge in [-0.25, -0.2) is 0 Å². The molecule has 2 heterocycles. The molecule has 0 aromatic heterocycles. The fourth-order valence-corrected chi connectivity index (χ4v) is 2.89. The molecule has 2 saturated heterocycles. The number of hydrogen-bond donors (Lipinski definition) is 0. The van der Waals surface area contributed by atoms with Crippen LogP contribution in [0.4, 0.5) is 0 Å². The number of rotatable bonds is 3. The summed E-state index contributed by atoms with van der Waals surface area (Å²) in [4.78, 5) is 0. The van der Waals surface area contributed by atoms with Gasteiger partial charge >= 0.3 is 0 Å². The average Bonchev–Trinajstić information content (AvgIpc) is 2.73. The first-order valence-corrected chi connectivity index (χ1v) is 5.66. The highest BCUT2D eigenvalue weighted by Crippen LogP contribution is 2.53. The number of ether oxygens (including phenoxy) is 3. The van der Waals surface area contributed by atoms with Crippen molar-refractivity contribution in [2.24, 2.45) is 0 Å². The molecule has 0 aromatic carbocycles. The van der Waals surface area contributed by atoms with Crippen LogP contribution in [-0.2, 0) is 14.2 Å². The van der Waals surface area contributed by atoms with E-state index in [1.165, 1.54) is 0 Å². The molecule has 0 unspecified atom stereocenters. The molecule has 2 fully saturated rings. The Labute approximate surface area is 91.2 Å². The van der Waals surface area contributed by atoms with Gasteiger partial charge in [-0.3, -0.25) is 0 Å². The molecule has 2 aliphatic rings. The molecular formula is C9H11IO3. The van der Waals surface area contributed by atoms with Crippen molar-refractivity contribution in [1.82, 2.24) is 0 Å². The smallest absolute Gasteiger partial charge is 0.210 e. The topological polar surface area (TPSA) is 31.0 Å². The highest BCUT2D eigenvalue weighted by atomic mass is 127. The molecule has 0 spiro atoms. The van der Waals surface area contributed by atoms with Gasteiger partial charge in [-0.1, -0.05) is 28.5 Å². The zero-order valence-electron chi connectivity index (χ0n) is 7.38. The highest BCUT2D eigenvalue weighted by Gasteiger charge is 2.72. The lowest BCUT2D eigenvalue weighted by Gasteiger charge is -2.31. The zero-order chi connectivity index (χ0) is 9.53. The predicted molar refractivity (Wildman–Crippen MR) is 55.6 cm³/mol. The van der Waals surface area contributed by atoms with Crippen molar-refractivity contribution < 1.29 is 14.2 Å². The van der Waals surface area contributed by atoms with E-state index < -0.39 is 5.79 Å². The summed E-state index contributed by atoms with van der Waals surface area (Å²) in [5.74, 6) is 1.83. The maximum absolute atomic E-state index is 5.61. The molecule has 3 atom stereocenters. The fraction of sp³-hybridized carbons (Fsp3) is 0.778. The second-order valence-electron chi connectivity index (χ2n) is 3.40. The SMILES string of the molecule is C#CCO[C@@]1(CI)OC[C@@H]2O[C@@]21C. The van der Waals surface area contributed by atoms with Gasteiger partial charge in [0, 0.05) is 0 Å². The van der Waals surface area contributed by atoms with E-state index in [4.69, 9.17) is 20.6 Å². The molecule has 0 aromatic rings. The van der Waals surface area contributed by atoms with Crippen molar-refractivity contribution in [3.8, 4) is 12.3 Å². The summed E-state index contributed by atoms with van der Waals surface area (Å²) in [5, 5.41) is 0. The molecule has 0 saturated carbocycles. The molecule has 2 rings (SSSR count). The molecule has 72 valence electrons. The molecular weight excluding hydrogens is 283 g/mol. The average molecular weight is 294 g/mol. The first-order chi connectivity index (χ1) is 6.18. The van der Waals surface area contributed by atoms with Crippen LogP contribution in [0.1, 0.15) is 6.92 Å². The normalized spacial score (nSPS) is 47.0. The van der Waals surface area contributed by atoms with E-state index in [1.807, 2.05) is 6.92 Å². The van der Waals surface area contributed by atoms with Crippen LogP contribution in [0.3, 0.4) is 0 Å². The number of fused-ring (bicyclic) bond motifs is 1. The highest BCUT2D eigenvalue weighted by molar-refractivity contribution is 14.1. The maximum Gasteiger partial charge on any atom is 0.210 e. The molecule has 4 heteroatoms. The first-order valence-electron chi connectivity index (χ1n) is 4.14. The summed E-state index contributed by atoms with van der Waals surface area (Å²) >= 11 is 2.24. The Morgan fingerprint density at radius 3 is 2.92 bits per heavy atom. The third kappa shape index (κ3) is 1.22. The van der Waals surface area contributed by atoms with E-state index in [9.17, 15) is 0 Å². The number of hydrogen-bond acceptors (Lipinski definition) is 3. The Balaban J connectivity index is 2.12. The lowest BCUT2D eigenvalue weighted by molar-refractivity contribution is -0.235. The molecule has 0 bridgehead atoms. The van der Waals surface area contributed by atoms with Gasteiger partial charge in [0.25, 0.3) is 0 Å². The number of epoxide rings is 1. The Bertz CT molecular complexity index is 260. The fourth-order valence-electron chi connectivity index (χ4n) is 1.70. The molecule has 3 nitrogen and oxygen atoms in total. The summed E-state index contributed by atoms with van der Waals surface area (Å²) in [6.45, 7) is 2.90. The van der Waals surface area contributed by atoms with Gasteiger partial charge in [-0.2, -0.15) is 0 Å².